The first kappa shape index (κ1) is 11.9. The van der Waals surface area contributed by atoms with Gasteiger partial charge in [-0.15, -0.1) is 0 Å². The normalized spacial score (nSPS) is 9.78. The molecule has 2 rings (SSSR count). The second-order valence-electron chi connectivity index (χ2n) is 3.88. The highest BCUT2D eigenvalue weighted by Gasteiger charge is 2.09. The van der Waals surface area contributed by atoms with Gasteiger partial charge in [-0.05, 0) is 17.7 Å². The van der Waals surface area contributed by atoms with Gasteiger partial charge in [-0.25, -0.2) is 4.98 Å². The summed E-state index contributed by atoms with van der Waals surface area (Å²) in [4.78, 5) is 15.8. The highest BCUT2D eigenvalue weighted by molar-refractivity contribution is 6.02. The molecule has 1 aromatic heterocycles. The summed E-state index contributed by atoms with van der Waals surface area (Å²) >= 11 is 0. The predicted molar refractivity (Wildman–Crippen MR) is 66.9 cm³/mol. The smallest absolute Gasteiger partial charge is 0.273 e. The van der Waals surface area contributed by atoms with Gasteiger partial charge in [0.15, 0.2) is 0 Å². The van der Waals surface area contributed by atoms with Gasteiger partial charge in [0.25, 0.3) is 5.91 Å². The molecule has 1 heterocycles. The summed E-state index contributed by atoms with van der Waals surface area (Å²) in [6, 6.07) is 9.28. The molecular formula is C13H12N4O. The number of nitriles is 1. The summed E-state index contributed by atoms with van der Waals surface area (Å²) in [7, 11) is 1.76. The van der Waals surface area contributed by atoms with Crippen LogP contribution < -0.4 is 5.32 Å². The molecule has 2 aromatic rings. The number of imidazole rings is 1. The van der Waals surface area contributed by atoms with E-state index in [1.807, 2.05) is 12.1 Å². The molecule has 0 aliphatic carbocycles. The average Bonchev–Trinajstić information content (AvgIpc) is 2.78. The quantitative estimate of drug-likeness (QED) is 0.888. The van der Waals surface area contributed by atoms with Crippen molar-refractivity contribution in [3.8, 4) is 6.07 Å². The SMILES string of the molecule is Cn1cncc1C(=O)Nc1ccc(CC#N)cc1. The lowest BCUT2D eigenvalue weighted by molar-refractivity contribution is 0.101. The molecule has 0 aliphatic heterocycles. The van der Waals surface area contributed by atoms with Crippen LogP contribution in [0.25, 0.3) is 0 Å². The van der Waals surface area contributed by atoms with Gasteiger partial charge in [0, 0.05) is 12.7 Å². The summed E-state index contributed by atoms with van der Waals surface area (Å²) in [5.74, 6) is -0.206. The van der Waals surface area contributed by atoms with Crippen LogP contribution in [0.1, 0.15) is 16.1 Å². The first-order chi connectivity index (χ1) is 8.70. The molecule has 90 valence electrons. The molecule has 1 N–H and O–H groups in total. The van der Waals surface area contributed by atoms with E-state index in [-0.39, 0.29) is 5.91 Å². The Balaban J connectivity index is 2.08. The first-order valence-corrected chi connectivity index (χ1v) is 5.44. The molecule has 18 heavy (non-hydrogen) atoms. The summed E-state index contributed by atoms with van der Waals surface area (Å²) < 4.78 is 1.65. The van der Waals surface area contributed by atoms with Gasteiger partial charge >= 0.3 is 0 Å². The number of nitrogens with one attached hydrogen (secondary N) is 1. The molecule has 0 unspecified atom stereocenters. The van der Waals surface area contributed by atoms with Crippen LogP contribution in [0, 0.1) is 11.3 Å². The molecule has 0 atom stereocenters. The van der Waals surface area contributed by atoms with Crippen molar-refractivity contribution in [2.45, 2.75) is 6.42 Å². The lowest BCUT2D eigenvalue weighted by Crippen LogP contribution is -2.15. The molecular weight excluding hydrogens is 228 g/mol. The minimum Gasteiger partial charge on any atom is -0.330 e. The monoisotopic (exact) mass is 240 g/mol. The fourth-order valence-corrected chi connectivity index (χ4v) is 1.57. The van der Waals surface area contributed by atoms with Gasteiger partial charge in [-0.2, -0.15) is 5.26 Å². The van der Waals surface area contributed by atoms with Crippen LogP contribution in [0.2, 0.25) is 0 Å². The van der Waals surface area contributed by atoms with Crippen molar-refractivity contribution < 1.29 is 4.79 Å². The average molecular weight is 240 g/mol. The molecule has 0 spiro atoms. The van der Waals surface area contributed by atoms with Crippen LogP contribution >= 0.6 is 0 Å². The minimum atomic E-state index is -0.206. The maximum absolute atomic E-state index is 11.9. The third-order valence-electron chi connectivity index (χ3n) is 2.54. The molecule has 1 aromatic carbocycles. The topological polar surface area (TPSA) is 70.7 Å². The molecule has 0 saturated heterocycles. The summed E-state index contributed by atoms with van der Waals surface area (Å²) in [6.45, 7) is 0. The summed E-state index contributed by atoms with van der Waals surface area (Å²) in [5, 5.41) is 11.3. The molecule has 5 nitrogen and oxygen atoms in total. The Hall–Kier alpha value is -2.61. The third-order valence-corrected chi connectivity index (χ3v) is 2.54. The van der Waals surface area contributed by atoms with E-state index in [1.54, 1.807) is 30.1 Å². The third kappa shape index (κ3) is 2.55. The Labute approximate surface area is 105 Å². The van der Waals surface area contributed by atoms with Gasteiger partial charge < -0.3 is 9.88 Å². The van der Waals surface area contributed by atoms with Crippen molar-refractivity contribution >= 4 is 11.6 Å². The van der Waals surface area contributed by atoms with Crippen LogP contribution in [0.15, 0.2) is 36.8 Å². The maximum atomic E-state index is 11.9. The van der Waals surface area contributed by atoms with E-state index in [0.29, 0.717) is 17.8 Å². The Morgan fingerprint density at radius 2 is 2.17 bits per heavy atom. The largest absolute Gasteiger partial charge is 0.330 e. The van der Waals surface area contributed by atoms with Crippen molar-refractivity contribution in [1.82, 2.24) is 9.55 Å². The number of aryl methyl sites for hydroxylation is 1. The Kier molecular flexibility index (Phi) is 3.39. The number of carbonyl (C=O) groups excluding carboxylic acids is 1. The van der Waals surface area contributed by atoms with E-state index in [4.69, 9.17) is 5.26 Å². The minimum absolute atomic E-state index is 0.206. The molecule has 1 amide bonds. The molecule has 0 radical (unpaired) electrons. The summed E-state index contributed by atoms with van der Waals surface area (Å²) in [5.41, 5.74) is 2.12. The van der Waals surface area contributed by atoms with Crippen molar-refractivity contribution in [3.05, 3.63) is 48.0 Å². The summed E-state index contributed by atoms with van der Waals surface area (Å²) in [6.07, 6.45) is 3.46. The number of nitrogens with zero attached hydrogens (tertiary/aromatic N) is 3. The second kappa shape index (κ2) is 5.15. The van der Waals surface area contributed by atoms with E-state index < -0.39 is 0 Å². The highest BCUT2D eigenvalue weighted by atomic mass is 16.1. The van der Waals surface area contributed by atoms with Gasteiger partial charge in [-0.1, -0.05) is 12.1 Å². The first-order valence-electron chi connectivity index (χ1n) is 5.44. The molecule has 0 aliphatic rings. The van der Waals surface area contributed by atoms with Gasteiger partial charge in [0.1, 0.15) is 5.69 Å². The lowest BCUT2D eigenvalue weighted by Gasteiger charge is -2.05. The van der Waals surface area contributed by atoms with Crippen LogP contribution in [0.3, 0.4) is 0 Å². The Morgan fingerprint density at radius 3 is 2.72 bits per heavy atom. The van der Waals surface area contributed by atoms with Crippen molar-refractivity contribution in [1.29, 1.82) is 5.26 Å². The number of amides is 1. The van der Waals surface area contributed by atoms with Crippen LogP contribution in [0.4, 0.5) is 5.69 Å². The number of hydrogen-bond acceptors (Lipinski definition) is 3. The Morgan fingerprint density at radius 1 is 1.44 bits per heavy atom. The zero-order valence-electron chi connectivity index (χ0n) is 9.92. The number of benzene rings is 1. The van der Waals surface area contributed by atoms with Gasteiger partial charge in [-0.3, -0.25) is 4.79 Å². The van der Waals surface area contributed by atoms with Crippen LogP contribution in [-0.2, 0) is 13.5 Å². The zero-order chi connectivity index (χ0) is 13.0. The number of anilines is 1. The van der Waals surface area contributed by atoms with E-state index in [1.165, 1.54) is 6.20 Å². The Bertz CT molecular complexity index is 592. The van der Waals surface area contributed by atoms with Crippen LogP contribution in [-0.4, -0.2) is 15.5 Å². The zero-order valence-corrected chi connectivity index (χ0v) is 9.92. The second-order valence-corrected chi connectivity index (χ2v) is 3.88. The fourth-order valence-electron chi connectivity index (χ4n) is 1.57. The van der Waals surface area contributed by atoms with Crippen LogP contribution in [0.5, 0.6) is 0 Å². The standard InChI is InChI=1S/C13H12N4O/c1-17-9-15-8-12(17)13(18)16-11-4-2-10(3-5-11)6-7-14/h2-5,8-9H,6H2,1H3,(H,16,18). The van der Waals surface area contributed by atoms with Gasteiger partial charge in [0.05, 0.1) is 25.0 Å². The van der Waals surface area contributed by atoms with Crippen molar-refractivity contribution in [2.24, 2.45) is 7.05 Å². The molecule has 0 fully saturated rings. The highest BCUT2D eigenvalue weighted by Crippen LogP contribution is 2.11. The maximum Gasteiger partial charge on any atom is 0.273 e. The van der Waals surface area contributed by atoms with E-state index in [0.717, 1.165) is 5.56 Å². The predicted octanol–water partition coefficient (Wildman–Crippen LogP) is 1.74. The molecule has 0 saturated carbocycles. The van der Waals surface area contributed by atoms with E-state index >= 15 is 0 Å². The number of aromatic nitrogens is 2. The number of hydrogen-bond donors (Lipinski definition) is 1. The van der Waals surface area contributed by atoms with Gasteiger partial charge in [0.2, 0.25) is 0 Å². The fraction of sp³-hybridized carbons (Fsp3) is 0.154. The van der Waals surface area contributed by atoms with Crippen molar-refractivity contribution in [2.75, 3.05) is 5.32 Å². The van der Waals surface area contributed by atoms with E-state index in [9.17, 15) is 4.79 Å². The molecule has 5 heteroatoms. The number of carbonyl (C=O) groups is 1. The lowest BCUT2D eigenvalue weighted by atomic mass is 10.1. The van der Waals surface area contributed by atoms with E-state index in [2.05, 4.69) is 16.4 Å². The molecule has 0 bridgehead atoms. The number of rotatable bonds is 3. The van der Waals surface area contributed by atoms with Crippen molar-refractivity contribution in [3.63, 3.8) is 0 Å².